The number of aromatic nitrogens is 1. The highest BCUT2D eigenvalue weighted by Crippen LogP contribution is 2.26. The monoisotopic (exact) mass is 220 g/mol. The maximum atomic E-state index is 4.65. The fourth-order valence-electron chi connectivity index (χ4n) is 1.63. The van der Waals surface area contributed by atoms with E-state index in [4.69, 9.17) is 0 Å². The van der Waals surface area contributed by atoms with Crippen LogP contribution >= 0.6 is 11.3 Å². The van der Waals surface area contributed by atoms with Gasteiger partial charge in [0.05, 0.1) is 16.3 Å². The Morgan fingerprint density at radius 1 is 1.47 bits per heavy atom. The Kier molecular flexibility index (Phi) is 3.03. The van der Waals surface area contributed by atoms with Gasteiger partial charge in [-0.3, -0.25) is 0 Å². The number of rotatable bonds is 3. The average molecular weight is 220 g/mol. The summed E-state index contributed by atoms with van der Waals surface area (Å²) in [7, 11) is 0. The van der Waals surface area contributed by atoms with Crippen LogP contribution in [0.1, 0.15) is 30.5 Å². The second kappa shape index (κ2) is 4.29. The Hall–Kier alpha value is -0.930. The molecule has 0 aliphatic carbocycles. The van der Waals surface area contributed by atoms with Crippen LogP contribution in [0, 0.1) is 6.92 Å². The smallest absolute Gasteiger partial charge is 0.111 e. The fourth-order valence-corrected chi connectivity index (χ4v) is 2.61. The van der Waals surface area contributed by atoms with Crippen LogP contribution in [0.25, 0.3) is 10.2 Å². The Morgan fingerprint density at radius 2 is 2.27 bits per heavy atom. The third-order valence-corrected chi connectivity index (χ3v) is 3.66. The van der Waals surface area contributed by atoms with E-state index in [1.165, 1.54) is 15.3 Å². The topological polar surface area (TPSA) is 24.9 Å². The second-order valence-electron chi connectivity index (χ2n) is 3.80. The standard InChI is InChI=1S/C12H16N2S/c1-4-13-9(3)12-14-10-7-8(2)5-6-11(10)15-12/h5-7,9,13H,4H2,1-3H3. The predicted molar refractivity (Wildman–Crippen MR) is 66.4 cm³/mol. The predicted octanol–water partition coefficient (Wildman–Crippen LogP) is 3.28. The third kappa shape index (κ3) is 2.19. The Morgan fingerprint density at radius 3 is 3.00 bits per heavy atom. The lowest BCUT2D eigenvalue weighted by atomic mass is 10.2. The number of fused-ring (bicyclic) bond motifs is 1. The summed E-state index contributed by atoms with van der Waals surface area (Å²) >= 11 is 1.78. The highest BCUT2D eigenvalue weighted by Gasteiger charge is 2.09. The molecule has 3 heteroatoms. The number of nitrogens with one attached hydrogen (secondary N) is 1. The van der Waals surface area contributed by atoms with Gasteiger partial charge in [-0.2, -0.15) is 0 Å². The molecule has 0 aliphatic rings. The number of hydrogen-bond acceptors (Lipinski definition) is 3. The van der Waals surface area contributed by atoms with Gasteiger partial charge in [0.2, 0.25) is 0 Å². The van der Waals surface area contributed by atoms with Crippen molar-refractivity contribution in [2.75, 3.05) is 6.54 Å². The van der Waals surface area contributed by atoms with Gasteiger partial charge in [-0.15, -0.1) is 11.3 Å². The van der Waals surface area contributed by atoms with Crippen molar-refractivity contribution in [1.82, 2.24) is 10.3 Å². The molecule has 1 N–H and O–H groups in total. The first kappa shape index (κ1) is 10.6. The molecule has 2 aromatic rings. The molecule has 80 valence electrons. The number of nitrogens with zero attached hydrogens (tertiary/aromatic N) is 1. The third-order valence-electron chi connectivity index (χ3n) is 2.44. The quantitative estimate of drug-likeness (QED) is 0.858. The summed E-state index contributed by atoms with van der Waals surface area (Å²) in [4.78, 5) is 4.65. The van der Waals surface area contributed by atoms with Crippen LogP contribution in [0.4, 0.5) is 0 Å². The average Bonchev–Trinajstić information content (AvgIpc) is 2.60. The van der Waals surface area contributed by atoms with Crippen LogP contribution < -0.4 is 5.32 Å². The first-order valence-corrected chi connectivity index (χ1v) is 6.13. The minimum atomic E-state index is 0.354. The number of thiazole rings is 1. The molecule has 0 amide bonds. The Bertz CT molecular complexity index is 462. The minimum Gasteiger partial charge on any atom is -0.308 e. The summed E-state index contributed by atoms with van der Waals surface area (Å²) in [6, 6.07) is 6.80. The fraction of sp³-hybridized carbons (Fsp3) is 0.417. The van der Waals surface area contributed by atoms with Crippen molar-refractivity contribution in [3.63, 3.8) is 0 Å². The molecule has 1 heterocycles. The van der Waals surface area contributed by atoms with Gasteiger partial charge in [0.15, 0.2) is 0 Å². The molecule has 0 bridgehead atoms. The molecule has 0 fully saturated rings. The van der Waals surface area contributed by atoms with Gasteiger partial charge in [0.25, 0.3) is 0 Å². The van der Waals surface area contributed by atoms with Crippen molar-refractivity contribution in [2.45, 2.75) is 26.8 Å². The molecule has 1 aromatic carbocycles. The first-order valence-electron chi connectivity index (χ1n) is 5.31. The van der Waals surface area contributed by atoms with E-state index in [0.717, 1.165) is 12.1 Å². The van der Waals surface area contributed by atoms with Crippen LogP contribution in [0.3, 0.4) is 0 Å². The summed E-state index contributed by atoms with van der Waals surface area (Å²) in [5.41, 5.74) is 2.40. The second-order valence-corrected chi connectivity index (χ2v) is 4.86. The molecule has 0 saturated carbocycles. The zero-order valence-corrected chi connectivity index (χ0v) is 10.2. The van der Waals surface area contributed by atoms with Gasteiger partial charge >= 0.3 is 0 Å². The molecule has 1 atom stereocenters. The lowest BCUT2D eigenvalue weighted by Gasteiger charge is -2.07. The van der Waals surface area contributed by atoms with Crippen LogP contribution in [0.2, 0.25) is 0 Å². The van der Waals surface area contributed by atoms with Gasteiger partial charge in [-0.1, -0.05) is 13.0 Å². The maximum Gasteiger partial charge on any atom is 0.111 e. The van der Waals surface area contributed by atoms with Gasteiger partial charge in [-0.05, 0) is 38.1 Å². The number of aryl methyl sites for hydroxylation is 1. The Labute approximate surface area is 94.3 Å². The molecule has 1 aromatic heterocycles. The summed E-state index contributed by atoms with van der Waals surface area (Å²) in [5, 5.41) is 4.56. The van der Waals surface area contributed by atoms with E-state index >= 15 is 0 Å². The summed E-state index contributed by atoms with van der Waals surface area (Å²) in [6.07, 6.45) is 0. The molecule has 2 rings (SSSR count). The van der Waals surface area contributed by atoms with Crippen LogP contribution in [-0.2, 0) is 0 Å². The van der Waals surface area contributed by atoms with Gasteiger partial charge in [-0.25, -0.2) is 4.98 Å². The molecule has 2 nitrogen and oxygen atoms in total. The van der Waals surface area contributed by atoms with Crippen molar-refractivity contribution in [2.24, 2.45) is 0 Å². The van der Waals surface area contributed by atoms with Crippen molar-refractivity contribution < 1.29 is 0 Å². The van der Waals surface area contributed by atoms with Gasteiger partial charge < -0.3 is 5.32 Å². The van der Waals surface area contributed by atoms with Crippen LogP contribution in [0.15, 0.2) is 18.2 Å². The zero-order valence-electron chi connectivity index (χ0n) is 9.37. The van der Waals surface area contributed by atoms with Crippen LogP contribution in [-0.4, -0.2) is 11.5 Å². The van der Waals surface area contributed by atoms with E-state index in [2.05, 4.69) is 49.3 Å². The van der Waals surface area contributed by atoms with E-state index in [1.54, 1.807) is 11.3 Å². The Balaban J connectivity index is 2.38. The number of hydrogen-bond donors (Lipinski definition) is 1. The van der Waals surface area contributed by atoms with E-state index in [-0.39, 0.29) is 0 Å². The van der Waals surface area contributed by atoms with Crippen molar-refractivity contribution >= 4 is 21.6 Å². The summed E-state index contributed by atoms with van der Waals surface area (Å²) in [5.74, 6) is 0. The molecule has 15 heavy (non-hydrogen) atoms. The van der Waals surface area contributed by atoms with Crippen LogP contribution in [0.5, 0.6) is 0 Å². The summed E-state index contributed by atoms with van der Waals surface area (Å²) < 4.78 is 1.28. The molecule has 0 spiro atoms. The SMILES string of the molecule is CCNC(C)c1nc2cc(C)ccc2s1. The lowest BCUT2D eigenvalue weighted by molar-refractivity contribution is 0.596. The van der Waals surface area contributed by atoms with Crippen molar-refractivity contribution in [3.8, 4) is 0 Å². The lowest BCUT2D eigenvalue weighted by Crippen LogP contribution is -2.17. The molecule has 0 radical (unpaired) electrons. The molecule has 1 unspecified atom stereocenters. The zero-order chi connectivity index (χ0) is 10.8. The highest BCUT2D eigenvalue weighted by molar-refractivity contribution is 7.18. The van der Waals surface area contributed by atoms with E-state index < -0.39 is 0 Å². The van der Waals surface area contributed by atoms with Gasteiger partial charge in [0.1, 0.15) is 5.01 Å². The van der Waals surface area contributed by atoms with E-state index in [9.17, 15) is 0 Å². The molecule has 0 saturated heterocycles. The summed E-state index contributed by atoms with van der Waals surface area (Å²) in [6.45, 7) is 7.37. The molecule has 0 aliphatic heterocycles. The maximum absolute atomic E-state index is 4.65. The van der Waals surface area contributed by atoms with E-state index in [0.29, 0.717) is 6.04 Å². The first-order chi connectivity index (χ1) is 7.20. The normalized spacial score (nSPS) is 13.3. The van der Waals surface area contributed by atoms with Gasteiger partial charge in [0, 0.05) is 0 Å². The molecular formula is C12H16N2S. The minimum absolute atomic E-state index is 0.354. The van der Waals surface area contributed by atoms with E-state index in [1.807, 2.05) is 0 Å². The van der Waals surface area contributed by atoms with Crippen molar-refractivity contribution in [3.05, 3.63) is 28.8 Å². The molecular weight excluding hydrogens is 204 g/mol. The largest absolute Gasteiger partial charge is 0.308 e. The van der Waals surface area contributed by atoms with Crippen molar-refractivity contribution in [1.29, 1.82) is 0 Å². The highest BCUT2D eigenvalue weighted by atomic mass is 32.1. The number of benzene rings is 1.